The Morgan fingerprint density at radius 2 is 1.96 bits per heavy atom. The molecule has 24 heavy (non-hydrogen) atoms. The number of Topliss-reactive ketones (excluding diaryl/α,β-unsaturated/α-hetero) is 1. The lowest BCUT2D eigenvalue weighted by Crippen LogP contribution is -2.45. The molecule has 1 aliphatic carbocycles. The summed E-state index contributed by atoms with van der Waals surface area (Å²) in [6, 6.07) is 9.97. The molecular formula is C18H19BrN4O. The number of carbonyl (C=O) groups excluding carboxylic acids is 1. The van der Waals surface area contributed by atoms with Crippen molar-refractivity contribution in [1.29, 1.82) is 5.26 Å². The van der Waals surface area contributed by atoms with Crippen LogP contribution in [0.4, 0.5) is 0 Å². The van der Waals surface area contributed by atoms with Crippen LogP contribution < -0.4 is 5.73 Å². The van der Waals surface area contributed by atoms with Crippen LogP contribution in [0.2, 0.25) is 0 Å². The average Bonchev–Trinajstić information content (AvgIpc) is 2.54. The van der Waals surface area contributed by atoms with Crippen LogP contribution in [0.15, 0.2) is 51.4 Å². The second kappa shape index (κ2) is 6.42. The van der Waals surface area contributed by atoms with Gasteiger partial charge in [0.1, 0.15) is 5.82 Å². The van der Waals surface area contributed by atoms with Crippen molar-refractivity contribution in [2.75, 3.05) is 14.1 Å². The molecule has 2 aliphatic rings. The van der Waals surface area contributed by atoms with E-state index in [9.17, 15) is 10.1 Å². The van der Waals surface area contributed by atoms with Crippen molar-refractivity contribution >= 4 is 21.7 Å². The van der Waals surface area contributed by atoms with Gasteiger partial charge in [-0.2, -0.15) is 5.26 Å². The first-order valence-corrected chi connectivity index (χ1v) is 8.63. The molecule has 5 nitrogen and oxygen atoms in total. The van der Waals surface area contributed by atoms with Gasteiger partial charge in [-0.25, -0.2) is 5.01 Å². The quantitative estimate of drug-likeness (QED) is 0.845. The zero-order valence-electron chi connectivity index (χ0n) is 13.7. The third kappa shape index (κ3) is 2.64. The van der Waals surface area contributed by atoms with Crippen LogP contribution in [0.3, 0.4) is 0 Å². The molecular weight excluding hydrogens is 368 g/mol. The van der Waals surface area contributed by atoms with Crippen molar-refractivity contribution in [3.63, 3.8) is 0 Å². The molecule has 1 atom stereocenters. The molecule has 2 N–H and O–H groups in total. The molecule has 0 radical (unpaired) electrons. The molecule has 0 amide bonds. The molecule has 0 unspecified atom stereocenters. The van der Waals surface area contributed by atoms with Crippen molar-refractivity contribution in [3.8, 4) is 6.07 Å². The Balaban J connectivity index is 2.25. The number of allylic oxidation sites excluding steroid dienone is 3. The van der Waals surface area contributed by atoms with E-state index in [2.05, 4.69) is 22.0 Å². The Hall–Kier alpha value is -2.10. The molecule has 0 spiro atoms. The Morgan fingerprint density at radius 1 is 1.29 bits per heavy atom. The Morgan fingerprint density at radius 3 is 2.54 bits per heavy atom. The van der Waals surface area contributed by atoms with E-state index in [4.69, 9.17) is 5.73 Å². The van der Waals surface area contributed by atoms with Gasteiger partial charge < -0.3 is 5.73 Å². The summed E-state index contributed by atoms with van der Waals surface area (Å²) in [5.74, 6) is 0.127. The molecule has 1 heterocycles. The number of hydrogen-bond donors (Lipinski definition) is 1. The van der Waals surface area contributed by atoms with Gasteiger partial charge in [0, 0.05) is 36.3 Å². The Labute approximate surface area is 150 Å². The van der Waals surface area contributed by atoms with Crippen LogP contribution in [-0.2, 0) is 4.79 Å². The highest BCUT2D eigenvalue weighted by Crippen LogP contribution is 2.44. The second-order valence-corrected chi connectivity index (χ2v) is 7.11. The third-order valence-electron chi connectivity index (χ3n) is 4.49. The van der Waals surface area contributed by atoms with E-state index in [0.717, 1.165) is 28.6 Å². The predicted octanol–water partition coefficient (Wildman–Crippen LogP) is 3.03. The van der Waals surface area contributed by atoms with E-state index >= 15 is 0 Å². The summed E-state index contributed by atoms with van der Waals surface area (Å²) in [7, 11) is 3.73. The smallest absolute Gasteiger partial charge is 0.161 e. The first-order chi connectivity index (χ1) is 11.5. The number of nitrogens with zero attached hydrogens (tertiary/aromatic N) is 3. The van der Waals surface area contributed by atoms with Gasteiger partial charge in [-0.05, 0) is 30.5 Å². The topological polar surface area (TPSA) is 73.4 Å². The molecule has 124 valence electrons. The van der Waals surface area contributed by atoms with E-state index in [1.165, 1.54) is 0 Å². The summed E-state index contributed by atoms with van der Waals surface area (Å²) in [6.07, 6.45) is 2.11. The zero-order chi connectivity index (χ0) is 17.4. The van der Waals surface area contributed by atoms with Crippen molar-refractivity contribution in [2.24, 2.45) is 5.73 Å². The van der Waals surface area contributed by atoms with Gasteiger partial charge in [0.05, 0.1) is 17.6 Å². The molecule has 3 rings (SSSR count). The van der Waals surface area contributed by atoms with Gasteiger partial charge in [0.15, 0.2) is 5.78 Å². The second-order valence-electron chi connectivity index (χ2n) is 6.19. The highest BCUT2D eigenvalue weighted by atomic mass is 79.9. The van der Waals surface area contributed by atoms with Crippen LogP contribution in [0.25, 0.3) is 0 Å². The number of halogens is 1. The molecule has 1 aromatic rings. The molecule has 1 aromatic carbocycles. The molecule has 0 saturated carbocycles. The highest BCUT2D eigenvalue weighted by Gasteiger charge is 2.40. The number of benzene rings is 1. The standard InChI is InChI=1S/C18H19BrN4O/c1-22(2)23-14-4-3-5-15(24)17(14)16(13(10-20)18(23)21)11-6-8-12(19)9-7-11/h6-9,16H,3-5,21H2,1-2H3/t16-/m1/s1. The van der Waals surface area contributed by atoms with E-state index < -0.39 is 0 Å². The first kappa shape index (κ1) is 16.7. The molecule has 0 aromatic heterocycles. The summed E-state index contributed by atoms with van der Waals surface area (Å²) in [5.41, 5.74) is 9.31. The molecule has 0 bridgehead atoms. The van der Waals surface area contributed by atoms with Crippen molar-refractivity contribution in [3.05, 3.63) is 57.0 Å². The normalized spacial score (nSPS) is 21.2. The SMILES string of the molecule is CN(C)N1C(N)=C(C#N)[C@@H](c2ccc(Br)cc2)C2=C1CCCC2=O. The maximum atomic E-state index is 12.7. The van der Waals surface area contributed by atoms with Gasteiger partial charge in [-0.3, -0.25) is 9.80 Å². The number of ketones is 1. The fourth-order valence-corrected chi connectivity index (χ4v) is 3.78. The van der Waals surface area contributed by atoms with E-state index in [1.54, 1.807) is 5.01 Å². The Bertz CT molecular complexity index is 786. The lowest BCUT2D eigenvalue weighted by molar-refractivity contribution is -0.116. The van der Waals surface area contributed by atoms with Crippen LogP contribution >= 0.6 is 15.9 Å². The monoisotopic (exact) mass is 386 g/mol. The fourth-order valence-electron chi connectivity index (χ4n) is 3.51. The largest absolute Gasteiger partial charge is 0.383 e. The molecule has 0 saturated heterocycles. The average molecular weight is 387 g/mol. The van der Waals surface area contributed by atoms with Gasteiger partial charge in [-0.1, -0.05) is 28.1 Å². The summed E-state index contributed by atoms with van der Waals surface area (Å²) in [4.78, 5) is 12.7. The Kier molecular flexibility index (Phi) is 4.48. The first-order valence-electron chi connectivity index (χ1n) is 7.84. The summed E-state index contributed by atoms with van der Waals surface area (Å²) < 4.78 is 0.955. The number of hydrazine groups is 1. The van der Waals surface area contributed by atoms with Crippen molar-refractivity contribution in [1.82, 2.24) is 10.0 Å². The number of rotatable bonds is 2. The lowest BCUT2D eigenvalue weighted by atomic mass is 9.76. The molecule has 6 heteroatoms. The minimum Gasteiger partial charge on any atom is -0.383 e. The predicted molar refractivity (Wildman–Crippen MR) is 95.1 cm³/mol. The van der Waals surface area contributed by atoms with Gasteiger partial charge in [-0.15, -0.1) is 0 Å². The number of hydrogen-bond acceptors (Lipinski definition) is 5. The summed E-state index contributed by atoms with van der Waals surface area (Å²) in [6.45, 7) is 0. The van der Waals surface area contributed by atoms with Crippen molar-refractivity contribution < 1.29 is 4.79 Å². The van der Waals surface area contributed by atoms with Crippen LogP contribution in [-0.4, -0.2) is 29.9 Å². The minimum atomic E-state index is -0.387. The van der Waals surface area contributed by atoms with Gasteiger partial charge >= 0.3 is 0 Å². The van der Waals surface area contributed by atoms with Crippen LogP contribution in [0.5, 0.6) is 0 Å². The van der Waals surface area contributed by atoms with Crippen molar-refractivity contribution in [2.45, 2.75) is 25.2 Å². The van der Waals surface area contributed by atoms with E-state index in [-0.39, 0.29) is 11.7 Å². The molecule has 0 fully saturated rings. The zero-order valence-corrected chi connectivity index (χ0v) is 15.3. The summed E-state index contributed by atoms with van der Waals surface area (Å²) in [5, 5.41) is 13.4. The maximum absolute atomic E-state index is 12.7. The fraction of sp³-hybridized carbons (Fsp3) is 0.333. The van der Waals surface area contributed by atoms with Crippen LogP contribution in [0, 0.1) is 11.3 Å². The van der Waals surface area contributed by atoms with Crippen LogP contribution in [0.1, 0.15) is 30.7 Å². The number of nitrogens with two attached hydrogens (primary N) is 1. The van der Waals surface area contributed by atoms with E-state index in [1.807, 2.05) is 43.4 Å². The van der Waals surface area contributed by atoms with Gasteiger partial charge in [0.2, 0.25) is 0 Å². The summed E-state index contributed by atoms with van der Waals surface area (Å²) >= 11 is 3.43. The number of nitriles is 1. The maximum Gasteiger partial charge on any atom is 0.161 e. The molecule has 1 aliphatic heterocycles. The highest BCUT2D eigenvalue weighted by molar-refractivity contribution is 9.10. The van der Waals surface area contributed by atoms with Gasteiger partial charge in [0.25, 0.3) is 0 Å². The number of carbonyl (C=O) groups is 1. The lowest BCUT2D eigenvalue weighted by Gasteiger charge is -2.42. The van der Waals surface area contributed by atoms with E-state index in [0.29, 0.717) is 23.4 Å². The minimum absolute atomic E-state index is 0.108. The third-order valence-corrected chi connectivity index (χ3v) is 5.02.